The molecular formula is C16H18BrFN2. The SMILES string of the molecule is CCCNC(Cc1ccncc1)c1cccc(Br)c1F. The molecule has 0 saturated carbocycles. The molecule has 0 bridgehead atoms. The van der Waals surface area contributed by atoms with Crippen LogP contribution in [0.4, 0.5) is 4.39 Å². The summed E-state index contributed by atoms with van der Waals surface area (Å²) in [6, 6.07) is 9.34. The minimum atomic E-state index is -0.185. The van der Waals surface area contributed by atoms with Crippen molar-refractivity contribution in [3.05, 3.63) is 64.1 Å². The number of nitrogens with zero attached hydrogens (tertiary/aromatic N) is 1. The standard InChI is InChI=1S/C16H18BrFN2/c1-2-8-20-15(11-12-6-9-19-10-7-12)13-4-3-5-14(17)16(13)18/h3-7,9-10,15,20H,2,8,11H2,1H3. The van der Waals surface area contributed by atoms with Crippen LogP contribution in [0.2, 0.25) is 0 Å². The fourth-order valence-corrected chi connectivity index (χ4v) is 2.54. The van der Waals surface area contributed by atoms with Gasteiger partial charge in [-0.15, -0.1) is 0 Å². The molecule has 0 aliphatic rings. The number of nitrogens with one attached hydrogen (secondary N) is 1. The van der Waals surface area contributed by atoms with Crippen molar-refractivity contribution in [2.24, 2.45) is 0 Å². The maximum Gasteiger partial charge on any atom is 0.142 e. The lowest BCUT2D eigenvalue weighted by atomic mass is 9.99. The minimum absolute atomic E-state index is 0.0325. The predicted octanol–water partition coefficient (Wildman–Crippen LogP) is 4.27. The number of aromatic nitrogens is 1. The van der Waals surface area contributed by atoms with Gasteiger partial charge in [0.2, 0.25) is 0 Å². The Balaban J connectivity index is 2.25. The van der Waals surface area contributed by atoms with E-state index in [4.69, 9.17) is 0 Å². The fourth-order valence-electron chi connectivity index (χ4n) is 2.15. The average Bonchev–Trinajstić information content (AvgIpc) is 2.48. The number of hydrogen-bond donors (Lipinski definition) is 1. The summed E-state index contributed by atoms with van der Waals surface area (Å²) >= 11 is 3.26. The van der Waals surface area contributed by atoms with Gasteiger partial charge in [0, 0.05) is 24.0 Å². The summed E-state index contributed by atoms with van der Waals surface area (Å²) in [5.74, 6) is -0.185. The Bertz CT molecular complexity index is 545. The van der Waals surface area contributed by atoms with E-state index in [1.165, 1.54) is 0 Å². The molecule has 0 saturated heterocycles. The van der Waals surface area contributed by atoms with Gasteiger partial charge in [0.05, 0.1) is 4.47 Å². The lowest BCUT2D eigenvalue weighted by Gasteiger charge is -2.20. The van der Waals surface area contributed by atoms with Gasteiger partial charge in [-0.25, -0.2) is 4.39 Å². The van der Waals surface area contributed by atoms with Crippen molar-refractivity contribution >= 4 is 15.9 Å². The van der Waals surface area contributed by atoms with Crippen LogP contribution in [0.5, 0.6) is 0 Å². The van der Waals surface area contributed by atoms with Crippen LogP contribution >= 0.6 is 15.9 Å². The van der Waals surface area contributed by atoms with Gasteiger partial charge in [-0.05, 0) is 59.1 Å². The Hall–Kier alpha value is -1.26. The molecule has 4 heteroatoms. The summed E-state index contributed by atoms with van der Waals surface area (Å²) in [7, 11) is 0. The van der Waals surface area contributed by atoms with Gasteiger partial charge in [-0.1, -0.05) is 19.1 Å². The maximum atomic E-state index is 14.3. The third kappa shape index (κ3) is 3.87. The molecule has 0 radical (unpaired) electrons. The van der Waals surface area contributed by atoms with Crippen LogP contribution in [-0.2, 0) is 6.42 Å². The first-order chi connectivity index (χ1) is 9.72. The Kier molecular flexibility index (Phi) is 5.68. The molecule has 1 aromatic heterocycles. The first-order valence-electron chi connectivity index (χ1n) is 6.78. The summed E-state index contributed by atoms with van der Waals surface area (Å²) in [6.07, 6.45) is 5.30. The molecule has 1 aromatic carbocycles. The van der Waals surface area contributed by atoms with Gasteiger partial charge in [0.1, 0.15) is 5.82 Å². The van der Waals surface area contributed by atoms with Crippen molar-refractivity contribution in [2.45, 2.75) is 25.8 Å². The zero-order valence-corrected chi connectivity index (χ0v) is 13.0. The Labute approximate surface area is 127 Å². The van der Waals surface area contributed by atoms with Gasteiger partial charge in [-0.3, -0.25) is 4.98 Å². The van der Waals surface area contributed by atoms with Crippen molar-refractivity contribution in [1.29, 1.82) is 0 Å². The number of hydrogen-bond acceptors (Lipinski definition) is 2. The molecule has 1 unspecified atom stereocenters. The van der Waals surface area contributed by atoms with E-state index in [-0.39, 0.29) is 11.9 Å². The quantitative estimate of drug-likeness (QED) is 0.852. The van der Waals surface area contributed by atoms with Crippen LogP contribution in [0.25, 0.3) is 0 Å². The number of pyridine rings is 1. The monoisotopic (exact) mass is 336 g/mol. The largest absolute Gasteiger partial charge is 0.310 e. The van der Waals surface area contributed by atoms with E-state index in [0.717, 1.165) is 24.9 Å². The topological polar surface area (TPSA) is 24.9 Å². The van der Waals surface area contributed by atoms with Crippen LogP contribution < -0.4 is 5.32 Å². The molecule has 2 aromatic rings. The number of halogens is 2. The smallest absolute Gasteiger partial charge is 0.142 e. The summed E-state index contributed by atoms with van der Waals surface area (Å²) in [6.45, 7) is 2.97. The first-order valence-corrected chi connectivity index (χ1v) is 7.58. The van der Waals surface area contributed by atoms with E-state index in [9.17, 15) is 4.39 Å². The highest BCUT2D eigenvalue weighted by molar-refractivity contribution is 9.10. The molecule has 1 heterocycles. The molecule has 20 heavy (non-hydrogen) atoms. The highest BCUT2D eigenvalue weighted by atomic mass is 79.9. The van der Waals surface area contributed by atoms with Crippen LogP contribution in [0, 0.1) is 5.82 Å². The van der Waals surface area contributed by atoms with Gasteiger partial charge in [0.25, 0.3) is 0 Å². The van der Waals surface area contributed by atoms with Gasteiger partial charge >= 0.3 is 0 Å². The fraction of sp³-hybridized carbons (Fsp3) is 0.312. The molecule has 0 aliphatic carbocycles. The highest BCUT2D eigenvalue weighted by Crippen LogP contribution is 2.26. The normalized spacial score (nSPS) is 12.3. The zero-order valence-electron chi connectivity index (χ0n) is 11.4. The second-order valence-corrected chi connectivity index (χ2v) is 5.56. The van der Waals surface area contributed by atoms with E-state index in [1.54, 1.807) is 18.5 Å². The van der Waals surface area contributed by atoms with Crippen molar-refractivity contribution in [3.63, 3.8) is 0 Å². The lowest BCUT2D eigenvalue weighted by Crippen LogP contribution is -2.25. The molecule has 106 valence electrons. The van der Waals surface area contributed by atoms with E-state index in [1.807, 2.05) is 24.3 Å². The third-order valence-electron chi connectivity index (χ3n) is 3.19. The van der Waals surface area contributed by atoms with E-state index >= 15 is 0 Å². The van der Waals surface area contributed by atoms with Gasteiger partial charge < -0.3 is 5.32 Å². The molecule has 1 N–H and O–H groups in total. The first kappa shape index (κ1) is 15.1. The summed E-state index contributed by atoms with van der Waals surface area (Å²) in [5, 5.41) is 3.42. The van der Waals surface area contributed by atoms with E-state index < -0.39 is 0 Å². The van der Waals surface area contributed by atoms with Gasteiger partial charge in [-0.2, -0.15) is 0 Å². The molecule has 0 fully saturated rings. The van der Waals surface area contributed by atoms with Crippen molar-refractivity contribution in [2.75, 3.05) is 6.54 Å². The minimum Gasteiger partial charge on any atom is -0.310 e. The lowest BCUT2D eigenvalue weighted by molar-refractivity contribution is 0.495. The van der Waals surface area contributed by atoms with E-state index in [2.05, 4.69) is 33.2 Å². The Morgan fingerprint density at radius 2 is 2.00 bits per heavy atom. The van der Waals surface area contributed by atoms with Crippen molar-refractivity contribution in [3.8, 4) is 0 Å². The highest BCUT2D eigenvalue weighted by Gasteiger charge is 2.17. The zero-order chi connectivity index (χ0) is 14.4. The predicted molar refractivity (Wildman–Crippen MR) is 83.1 cm³/mol. The summed E-state index contributed by atoms with van der Waals surface area (Å²) in [4.78, 5) is 4.02. The van der Waals surface area contributed by atoms with Crippen LogP contribution in [-0.4, -0.2) is 11.5 Å². The van der Waals surface area contributed by atoms with Gasteiger partial charge in [0.15, 0.2) is 0 Å². The molecule has 0 aliphatic heterocycles. The summed E-state index contributed by atoms with van der Waals surface area (Å²) < 4.78 is 14.8. The van der Waals surface area contributed by atoms with Crippen LogP contribution in [0.1, 0.15) is 30.5 Å². The second-order valence-electron chi connectivity index (χ2n) is 4.71. The molecule has 1 atom stereocenters. The third-order valence-corrected chi connectivity index (χ3v) is 3.80. The molecule has 2 rings (SSSR count). The van der Waals surface area contributed by atoms with Crippen LogP contribution in [0.3, 0.4) is 0 Å². The second kappa shape index (κ2) is 7.50. The Morgan fingerprint density at radius 3 is 2.70 bits per heavy atom. The van der Waals surface area contributed by atoms with Crippen molar-refractivity contribution < 1.29 is 4.39 Å². The number of benzene rings is 1. The van der Waals surface area contributed by atoms with Crippen molar-refractivity contribution in [1.82, 2.24) is 10.3 Å². The molecule has 0 spiro atoms. The molecular weight excluding hydrogens is 319 g/mol. The van der Waals surface area contributed by atoms with E-state index in [0.29, 0.717) is 10.0 Å². The Morgan fingerprint density at radius 1 is 1.25 bits per heavy atom. The average molecular weight is 337 g/mol. The maximum absolute atomic E-state index is 14.3. The molecule has 2 nitrogen and oxygen atoms in total. The van der Waals surface area contributed by atoms with Crippen LogP contribution in [0.15, 0.2) is 47.2 Å². The summed E-state index contributed by atoms with van der Waals surface area (Å²) in [5.41, 5.74) is 1.85. The molecule has 0 amide bonds. The number of rotatable bonds is 6.